The summed E-state index contributed by atoms with van der Waals surface area (Å²) in [4.78, 5) is 11.7. The summed E-state index contributed by atoms with van der Waals surface area (Å²) in [6.45, 7) is 9.89. The van der Waals surface area contributed by atoms with Crippen LogP contribution in [-0.4, -0.2) is 23.8 Å². The Morgan fingerprint density at radius 3 is 2.35 bits per heavy atom. The molecule has 2 unspecified atom stereocenters. The maximum absolute atomic E-state index is 11.7. The van der Waals surface area contributed by atoms with Crippen LogP contribution in [0.4, 0.5) is 4.79 Å². The molecule has 0 radical (unpaired) electrons. The van der Waals surface area contributed by atoms with Crippen molar-refractivity contribution in [3.63, 3.8) is 0 Å². The number of hydrogen-bond acceptors (Lipinski definition) is 3. The highest BCUT2D eigenvalue weighted by molar-refractivity contribution is 5.68. The van der Waals surface area contributed by atoms with Crippen molar-refractivity contribution in [2.24, 2.45) is 0 Å². The van der Waals surface area contributed by atoms with E-state index in [0.717, 1.165) is 5.56 Å². The van der Waals surface area contributed by atoms with Gasteiger partial charge in [0, 0.05) is 0 Å². The third-order valence-electron chi connectivity index (χ3n) is 2.80. The number of ether oxygens (including phenoxy) is 2. The van der Waals surface area contributed by atoms with Crippen LogP contribution < -0.4 is 5.32 Å². The Kier molecular flexibility index (Phi) is 6.02. The third-order valence-corrected chi connectivity index (χ3v) is 2.80. The van der Waals surface area contributed by atoms with Gasteiger partial charge in [-0.1, -0.05) is 30.3 Å². The second-order valence-electron chi connectivity index (χ2n) is 5.94. The fourth-order valence-electron chi connectivity index (χ4n) is 1.56. The van der Waals surface area contributed by atoms with E-state index in [4.69, 9.17) is 9.47 Å². The third kappa shape index (κ3) is 6.57. The summed E-state index contributed by atoms with van der Waals surface area (Å²) in [5.74, 6) is 0. The molecule has 1 aromatic carbocycles. The van der Waals surface area contributed by atoms with Gasteiger partial charge in [0.2, 0.25) is 0 Å². The van der Waals surface area contributed by atoms with Crippen LogP contribution in [0.3, 0.4) is 0 Å². The number of alkyl carbamates (subject to hydrolysis) is 1. The van der Waals surface area contributed by atoms with Gasteiger partial charge in [0.25, 0.3) is 0 Å². The number of carbonyl (C=O) groups excluding carboxylic acids is 1. The average molecular weight is 279 g/mol. The van der Waals surface area contributed by atoms with Crippen LogP contribution in [0, 0.1) is 0 Å². The number of nitrogens with one attached hydrogen (secondary N) is 1. The van der Waals surface area contributed by atoms with Crippen molar-refractivity contribution in [2.45, 2.75) is 59.0 Å². The summed E-state index contributed by atoms with van der Waals surface area (Å²) < 4.78 is 11.0. The largest absolute Gasteiger partial charge is 0.444 e. The molecule has 0 bridgehead atoms. The van der Waals surface area contributed by atoms with Crippen LogP contribution in [0.25, 0.3) is 0 Å². The second-order valence-corrected chi connectivity index (χ2v) is 5.94. The van der Waals surface area contributed by atoms with E-state index in [1.165, 1.54) is 0 Å². The van der Waals surface area contributed by atoms with Gasteiger partial charge >= 0.3 is 6.09 Å². The first-order valence-electron chi connectivity index (χ1n) is 6.93. The first-order valence-corrected chi connectivity index (χ1v) is 6.93. The van der Waals surface area contributed by atoms with Gasteiger partial charge in [-0.25, -0.2) is 4.79 Å². The Balaban J connectivity index is 2.35. The lowest BCUT2D eigenvalue weighted by Gasteiger charge is -2.25. The Morgan fingerprint density at radius 2 is 1.80 bits per heavy atom. The zero-order chi connectivity index (χ0) is 15.2. The molecule has 1 amide bonds. The van der Waals surface area contributed by atoms with Crippen LogP contribution in [0.2, 0.25) is 0 Å². The van der Waals surface area contributed by atoms with Gasteiger partial charge in [0.05, 0.1) is 18.8 Å². The van der Waals surface area contributed by atoms with Crippen LogP contribution >= 0.6 is 0 Å². The van der Waals surface area contributed by atoms with E-state index in [9.17, 15) is 4.79 Å². The summed E-state index contributed by atoms with van der Waals surface area (Å²) in [6, 6.07) is 9.84. The van der Waals surface area contributed by atoms with Crippen molar-refractivity contribution >= 4 is 6.09 Å². The normalized spacial score (nSPS) is 14.4. The van der Waals surface area contributed by atoms with Gasteiger partial charge in [-0.15, -0.1) is 0 Å². The quantitative estimate of drug-likeness (QED) is 0.897. The van der Waals surface area contributed by atoms with Crippen LogP contribution in [-0.2, 0) is 16.1 Å². The van der Waals surface area contributed by atoms with Crippen molar-refractivity contribution < 1.29 is 14.3 Å². The Hall–Kier alpha value is -1.55. The second kappa shape index (κ2) is 7.29. The van der Waals surface area contributed by atoms with Crippen LogP contribution in [0.1, 0.15) is 40.2 Å². The lowest BCUT2D eigenvalue weighted by atomic mass is 10.2. The van der Waals surface area contributed by atoms with Gasteiger partial charge < -0.3 is 14.8 Å². The molecule has 0 aliphatic rings. The minimum absolute atomic E-state index is 0.0947. The predicted octanol–water partition coefficient (Wildman–Crippen LogP) is 3.50. The fourth-order valence-corrected chi connectivity index (χ4v) is 1.56. The van der Waals surface area contributed by atoms with Crippen molar-refractivity contribution in [1.29, 1.82) is 0 Å². The topological polar surface area (TPSA) is 47.6 Å². The molecule has 0 fully saturated rings. The van der Waals surface area contributed by atoms with E-state index in [1.54, 1.807) is 0 Å². The van der Waals surface area contributed by atoms with E-state index < -0.39 is 11.7 Å². The van der Waals surface area contributed by atoms with Crippen molar-refractivity contribution in [1.82, 2.24) is 5.32 Å². The average Bonchev–Trinajstić information content (AvgIpc) is 2.34. The first kappa shape index (κ1) is 16.5. The molecule has 4 heteroatoms. The Bertz CT molecular complexity index is 411. The van der Waals surface area contributed by atoms with Gasteiger partial charge in [0.15, 0.2) is 0 Å². The number of hydrogen-bond donors (Lipinski definition) is 1. The molecule has 1 N–H and O–H groups in total. The van der Waals surface area contributed by atoms with E-state index >= 15 is 0 Å². The molecule has 4 nitrogen and oxygen atoms in total. The molecule has 1 aromatic rings. The number of benzene rings is 1. The highest BCUT2D eigenvalue weighted by Crippen LogP contribution is 2.09. The molecule has 1 rings (SSSR count). The fraction of sp³-hybridized carbons (Fsp3) is 0.562. The number of rotatable bonds is 5. The lowest BCUT2D eigenvalue weighted by Crippen LogP contribution is -2.43. The summed E-state index contributed by atoms with van der Waals surface area (Å²) >= 11 is 0. The summed E-state index contributed by atoms with van der Waals surface area (Å²) in [5, 5.41) is 2.79. The molecule has 20 heavy (non-hydrogen) atoms. The molecule has 112 valence electrons. The first-order chi connectivity index (χ1) is 9.28. The SMILES string of the molecule is CC(NC(=O)OC(C)(C)C)C(C)OCc1ccccc1. The van der Waals surface area contributed by atoms with Crippen LogP contribution in [0.5, 0.6) is 0 Å². The van der Waals surface area contributed by atoms with Gasteiger partial charge in [-0.05, 0) is 40.2 Å². The number of carbonyl (C=O) groups is 1. The van der Waals surface area contributed by atoms with Crippen molar-refractivity contribution in [3.8, 4) is 0 Å². The molecule has 2 atom stereocenters. The van der Waals surface area contributed by atoms with E-state index in [-0.39, 0.29) is 12.1 Å². The highest BCUT2D eigenvalue weighted by atomic mass is 16.6. The maximum atomic E-state index is 11.7. The zero-order valence-electron chi connectivity index (χ0n) is 13.0. The molecule has 0 heterocycles. The lowest BCUT2D eigenvalue weighted by molar-refractivity contribution is 0.0183. The van der Waals surface area contributed by atoms with Gasteiger partial charge in [0.1, 0.15) is 5.60 Å². The zero-order valence-corrected chi connectivity index (χ0v) is 13.0. The predicted molar refractivity (Wildman–Crippen MR) is 79.5 cm³/mol. The Morgan fingerprint density at radius 1 is 1.20 bits per heavy atom. The van der Waals surface area contributed by atoms with Crippen molar-refractivity contribution in [2.75, 3.05) is 0 Å². The van der Waals surface area contributed by atoms with Crippen LogP contribution in [0.15, 0.2) is 30.3 Å². The highest BCUT2D eigenvalue weighted by Gasteiger charge is 2.20. The summed E-state index contributed by atoms with van der Waals surface area (Å²) in [6.07, 6.45) is -0.511. The molecule has 0 aromatic heterocycles. The van der Waals surface area contributed by atoms with E-state index in [1.807, 2.05) is 65.0 Å². The maximum Gasteiger partial charge on any atom is 0.407 e. The standard InChI is InChI=1S/C16H25NO3/c1-12(17-15(18)20-16(3,4)5)13(2)19-11-14-9-7-6-8-10-14/h6-10,12-13H,11H2,1-5H3,(H,17,18). The number of amides is 1. The molecule has 0 aliphatic carbocycles. The Labute approximate surface area is 121 Å². The summed E-state index contributed by atoms with van der Waals surface area (Å²) in [7, 11) is 0. The minimum Gasteiger partial charge on any atom is -0.444 e. The smallest absolute Gasteiger partial charge is 0.407 e. The van der Waals surface area contributed by atoms with Gasteiger partial charge in [-0.2, -0.15) is 0 Å². The molecular formula is C16H25NO3. The van der Waals surface area contributed by atoms with E-state index in [2.05, 4.69) is 5.32 Å². The van der Waals surface area contributed by atoms with Gasteiger partial charge in [-0.3, -0.25) is 0 Å². The van der Waals surface area contributed by atoms with Crippen molar-refractivity contribution in [3.05, 3.63) is 35.9 Å². The monoisotopic (exact) mass is 279 g/mol. The molecule has 0 saturated heterocycles. The molecule has 0 saturated carbocycles. The molecule has 0 aliphatic heterocycles. The van der Waals surface area contributed by atoms with E-state index in [0.29, 0.717) is 6.61 Å². The molecule has 0 spiro atoms. The molecular weight excluding hydrogens is 254 g/mol. The minimum atomic E-state index is -0.488. The summed E-state index contributed by atoms with van der Waals surface area (Å²) in [5.41, 5.74) is 0.626.